The Bertz CT molecular complexity index is 973. The highest BCUT2D eigenvalue weighted by molar-refractivity contribution is 5.95. The SMILES string of the molecule is Cc1oncc1C(=O)N1CCN(c2ncnc3[nH]ccc23)CC2(CC2)C1. The van der Waals surface area contributed by atoms with Crippen molar-refractivity contribution in [2.75, 3.05) is 31.1 Å². The van der Waals surface area contributed by atoms with Crippen LogP contribution >= 0.6 is 0 Å². The Morgan fingerprint density at radius 3 is 2.92 bits per heavy atom. The van der Waals surface area contributed by atoms with E-state index in [1.807, 2.05) is 17.2 Å². The molecular formula is C18H20N6O2. The summed E-state index contributed by atoms with van der Waals surface area (Å²) >= 11 is 0. The van der Waals surface area contributed by atoms with Crippen LogP contribution in [0.3, 0.4) is 0 Å². The van der Waals surface area contributed by atoms with Gasteiger partial charge in [-0.15, -0.1) is 0 Å². The minimum atomic E-state index is 0.00588. The standard InChI is InChI=1S/C18H20N6O2/c1-12-14(8-22-26-12)17(25)24-7-6-23(9-18(10-24)3-4-18)16-13-2-5-19-15(13)20-11-21-16/h2,5,8,11H,3-4,6-7,9-10H2,1H3,(H,19,20,21). The number of amides is 1. The summed E-state index contributed by atoms with van der Waals surface area (Å²) in [6.07, 6.45) is 7.28. The molecule has 3 aromatic heterocycles. The molecule has 1 saturated carbocycles. The highest BCUT2D eigenvalue weighted by Gasteiger charge is 2.48. The summed E-state index contributed by atoms with van der Waals surface area (Å²) in [4.78, 5) is 29.2. The van der Waals surface area contributed by atoms with Gasteiger partial charge in [-0.3, -0.25) is 4.79 Å². The number of nitrogens with one attached hydrogen (secondary N) is 1. The van der Waals surface area contributed by atoms with E-state index >= 15 is 0 Å². The lowest BCUT2D eigenvalue weighted by atomic mass is 10.1. The molecule has 1 amide bonds. The first-order valence-electron chi connectivity index (χ1n) is 8.89. The lowest BCUT2D eigenvalue weighted by molar-refractivity contribution is 0.0739. The Hall–Kier alpha value is -2.90. The molecule has 134 valence electrons. The van der Waals surface area contributed by atoms with Crippen molar-refractivity contribution in [1.29, 1.82) is 0 Å². The van der Waals surface area contributed by atoms with Crippen molar-refractivity contribution < 1.29 is 9.32 Å². The lowest BCUT2D eigenvalue weighted by Gasteiger charge is -2.25. The van der Waals surface area contributed by atoms with Gasteiger partial charge in [-0.05, 0) is 25.8 Å². The summed E-state index contributed by atoms with van der Waals surface area (Å²) < 4.78 is 5.08. The summed E-state index contributed by atoms with van der Waals surface area (Å²) in [6, 6.07) is 2.01. The fourth-order valence-corrected chi connectivity index (χ4v) is 3.89. The van der Waals surface area contributed by atoms with Crippen molar-refractivity contribution in [2.24, 2.45) is 5.41 Å². The number of aryl methyl sites for hydroxylation is 1. The second kappa shape index (κ2) is 5.55. The van der Waals surface area contributed by atoms with Crippen LogP contribution in [0, 0.1) is 12.3 Å². The number of hydrogen-bond acceptors (Lipinski definition) is 6. The third kappa shape index (κ3) is 2.44. The molecule has 2 aliphatic rings. The number of fused-ring (bicyclic) bond motifs is 1. The van der Waals surface area contributed by atoms with Gasteiger partial charge < -0.3 is 19.3 Å². The van der Waals surface area contributed by atoms with E-state index in [0.29, 0.717) is 17.9 Å². The molecule has 4 heterocycles. The van der Waals surface area contributed by atoms with Crippen molar-refractivity contribution in [3.63, 3.8) is 0 Å². The van der Waals surface area contributed by atoms with Gasteiger partial charge in [0, 0.05) is 37.8 Å². The maximum atomic E-state index is 12.9. The van der Waals surface area contributed by atoms with E-state index in [-0.39, 0.29) is 11.3 Å². The third-order valence-electron chi connectivity index (χ3n) is 5.55. The van der Waals surface area contributed by atoms with Crippen LogP contribution in [0.15, 0.2) is 29.3 Å². The summed E-state index contributed by atoms with van der Waals surface area (Å²) in [5.41, 5.74) is 1.56. The zero-order valence-corrected chi connectivity index (χ0v) is 14.6. The van der Waals surface area contributed by atoms with Crippen molar-refractivity contribution in [3.05, 3.63) is 36.1 Å². The van der Waals surface area contributed by atoms with Crippen molar-refractivity contribution >= 4 is 22.8 Å². The maximum Gasteiger partial charge on any atom is 0.259 e. The van der Waals surface area contributed by atoms with Gasteiger partial charge in [0.1, 0.15) is 29.1 Å². The van der Waals surface area contributed by atoms with Gasteiger partial charge in [0.2, 0.25) is 0 Å². The molecule has 0 unspecified atom stereocenters. The van der Waals surface area contributed by atoms with E-state index in [1.165, 1.54) is 6.20 Å². The predicted molar refractivity (Wildman–Crippen MR) is 94.9 cm³/mol. The average molecular weight is 352 g/mol. The van der Waals surface area contributed by atoms with Crippen LogP contribution in [0.5, 0.6) is 0 Å². The highest BCUT2D eigenvalue weighted by Crippen LogP contribution is 2.48. The number of rotatable bonds is 2. The van der Waals surface area contributed by atoms with Crippen LogP contribution in [0.2, 0.25) is 0 Å². The molecule has 0 bridgehead atoms. The Morgan fingerprint density at radius 1 is 1.27 bits per heavy atom. The number of hydrogen-bond donors (Lipinski definition) is 1. The van der Waals surface area contributed by atoms with Crippen LogP contribution in [-0.2, 0) is 0 Å². The molecule has 2 fully saturated rings. The maximum absolute atomic E-state index is 12.9. The van der Waals surface area contributed by atoms with Gasteiger partial charge in [-0.2, -0.15) is 0 Å². The molecule has 1 aliphatic carbocycles. The molecule has 0 atom stereocenters. The van der Waals surface area contributed by atoms with E-state index in [0.717, 1.165) is 49.3 Å². The first kappa shape index (κ1) is 15.4. The van der Waals surface area contributed by atoms with Crippen molar-refractivity contribution in [2.45, 2.75) is 19.8 Å². The minimum absolute atomic E-state index is 0.00588. The van der Waals surface area contributed by atoms with E-state index in [2.05, 4.69) is 25.0 Å². The Morgan fingerprint density at radius 2 is 2.15 bits per heavy atom. The fraction of sp³-hybridized carbons (Fsp3) is 0.444. The highest BCUT2D eigenvalue weighted by atomic mass is 16.5. The zero-order valence-electron chi connectivity index (χ0n) is 14.6. The van der Waals surface area contributed by atoms with Crippen LogP contribution in [0.4, 0.5) is 5.82 Å². The normalized spacial score (nSPS) is 19.1. The summed E-state index contributed by atoms with van der Waals surface area (Å²) in [5.74, 6) is 1.52. The van der Waals surface area contributed by atoms with Gasteiger partial charge in [0.25, 0.3) is 5.91 Å². The molecule has 0 radical (unpaired) electrons. The molecule has 5 rings (SSSR count). The van der Waals surface area contributed by atoms with Gasteiger partial charge in [0.15, 0.2) is 0 Å². The predicted octanol–water partition coefficient (Wildman–Crippen LogP) is 2.00. The Kier molecular flexibility index (Phi) is 3.28. The van der Waals surface area contributed by atoms with E-state index in [4.69, 9.17) is 4.52 Å². The van der Waals surface area contributed by atoms with Gasteiger partial charge in [-0.25, -0.2) is 9.97 Å². The Balaban J connectivity index is 1.45. The third-order valence-corrected chi connectivity index (χ3v) is 5.55. The summed E-state index contributed by atoms with van der Waals surface area (Å²) in [5, 5.41) is 4.78. The van der Waals surface area contributed by atoms with Gasteiger partial charge >= 0.3 is 0 Å². The van der Waals surface area contributed by atoms with Gasteiger partial charge in [0.05, 0.1) is 11.6 Å². The number of carbonyl (C=O) groups is 1. The molecule has 8 heteroatoms. The molecule has 1 aliphatic heterocycles. The summed E-state index contributed by atoms with van der Waals surface area (Å²) in [7, 11) is 0. The quantitative estimate of drug-likeness (QED) is 0.758. The largest absolute Gasteiger partial charge is 0.361 e. The smallest absolute Gasteiger partial charge is 0.259 e. The number of nitrogens with zero attached hydrogens (tertiary/aromatic N) is 5. The second-order valence-corrected chi connectivity index (χ2v) is 7.38. The van der Waals surface area contributed by atoms with Crippen LogP contribution in [0.1, 0.15) is 29.0 Å². The van der Waals surface area contributed by atoms with Crippen molar-refractivity contribution in [1.82, 2.24) is 25.0 Å². The number of H-pyrrole nitrogens is 1. The fourth-order valence-electron chi connectivity index (χ4n) is 3.89. The number of aromatic nitrogens is 4. The molecule has 1 saturated heterocycles. The van der Waals surface area contributed by atoms with Crippen molar-refractivity contribution in [3.8, 4) is 0 Å². The average Bonchev–Trinajstić information content (AvgIpc) is 3.06. The Labute approximate surface area is 150 Å². The zero-order chi connectivity index (χ0) is 17.7. The first-order chi connectivity index (χ1) is 12.7. The molecule has 0 aromatic carbocycles. The molecule has 26 heavy (non-hydrogen) atoms. The van der Waals surface area contributed by atoms with E-state index in [9.17, 15) is 4.79 Å². The van der Waals surface area contributed by atoms with E-state index < -0.39 is 0 Å². The molecule has 3 aromatic rings. The molecule has 1 N–H and O–H groups in total. The minimum Gasteiger partial charge on any atom is -0.361 e. The van der Waals surface area contributed by atoms with Gasteiger partial charge in [-0.1, -0.05) is 5.16 Å². The molecule has 1 spiro atoms. The number of carbonyl (C=O) groups excluding carboxylic acids is 1. The second-order valence-electron chi connectivity index (χ2n) is 7.38. The summed E-state index contributed by atoms with van der Waals surface area (Å²) in [6.45, 7) is 4.86. The van der Waals surface area contributed by atoms with Crippen LogP contribution in [-0.4, -0.2) is 57.1 Å². The lowest BCUT2D eigenvalue weighted by Crippen LogP contribution is -2.36. The monoisotopic (exact) mass is 352 g/mol. The van der Waals surface area contributed by atoms with Crippen LogP contribution < -0.4 is 4.90 Å². The molecular weight excluding hydrogens is 332 g/mol. The van der Waals surface area contributed by atoms with Crippen LogP contribution in [0.25, 0.3) is 11.0 Å². The van der Waals surface area contributed by atoms with E-state index in [1.54, 1.807) is 13.3 Å². The topological polar surface area (TPSA) is 91.2 Å². The number of aromatic amines is 1. The number of anilines is 1. The molecule has 8 nitrogen and oxygen atoms in total. The first-order valence-corrected chi connectivity index (χ1v) is 8.89.